The van der Waals surface area contributed by atoms with Crippen molar-refractivity contribution in [2.45, 2.75) is 13.0 Å². The Hall–Kier alpha value is -1.95. The zero-order chi connectivity index (χ0) is 11.4. The van der Waals surface area contributed by atoms with Gasteiger partial charge >= 0.3 is 5.97 Å². The zero-order valence-corrected chi connectivity index (χ0v) is 8.17. The predicted molar refractivity (Wildman–Crippen MR) is 51.1 cm³/mol. The van der Waals surface area contributed by atoms with Crippen LogP contribution in [-0.4, -0.2) is 16.9 Å². The molecule has 1 rings (SSSR count). The topological polar surface area (TPSA) is 97.1 Å². The fourth-order valence-electron chi connectivity index (χ4n) is 0.853. The summed E-state index contributed by atoms with van der Waals surface area (Å²) in [6.45, 7) is 1.60. The van der Waals surface area contributed by atoms with Crippen LogP contribution in [-0.2, 0) is 4.79 Å². The van der Waals surface area contributed by atoms with Gasteiger partial charge in [-0.25, -0.2) is 4.79 Å². The summed E-state index contributed by atoms with van der Waals surface area (Å²) in [7, 11) is 0. The fourth-order valence-corrected chi connectivity index (χ4v) is 0.853. The SMILES string of the molecule is C[C@H]([NH3+])C(=O)Oc1ccc([N+](=O)[O-])cc1. The van der Waals surface area contributed by atoms with Crippen LogP contribution in [0.25, 0.3) is 0 Å². The van der Waals surface area contributed by atoms with Gasteiger partial charge in [-0.05, 0) is 19.1 Å². The van der Waals surface area contributed by atoms with Crippen molar-refractivity contribution in [2.75, 3.05) is 0 Å². The molecule has 3 N–H and O–H groups in total. The van der Waals surface area contributed by atoms with Gasteiger partial charge in [0.1, 0.15) is 5.75 Å². The molecule has 0 spiro atoms. The van der Waals surface area contributed by atoms with Gasteiger partial charge in [0.2, 0.25) is 0 Å². The highest BCUT2D eigenvalue weighted by atomic mass is 16.6. The highest BCUT2D eigenvalue weighted by molar-refractivity contribution is 5.76. The molecule has 1 aromatic rings. The molecule has 0 amide bonds. The third-order valence-electron chi connectivity index (χ3n) is 1.67. The number of quaternary nitrogens is 1. The van der Waals surface area contributed by atoms with Crippen LogP contribution < -0.4 is 10.5 Å². The first-order chi connectivity index (χ1) is 7.00. The van der Waals surface area contributed by atoms with Gasteiger partial charge in [0.05, 0.1) is 4.92 Å². The minimum atomic E-state index is -0.518. The zero-order valence-electron chi connectivity index (χ0n) is 8.17. The molecule has 0 bridgehead atoms. The van der Waals surface area contributed by atoms with Crippen molar-refractivity contribution >= 4 is 11.7 Å². The summed E-state index contributed by atoms with van der Waals surface area (Å²) < 4.78 is 4.89. The van der Waals surface area contributed by atoms with Crippen molar-refractivity contribution in [3.05, 3.63) is 34.4 Å². The molecule has 80 valence electrons. The lowest BCUT2D eigenvalue weighted by Gasteiger charge is -2.03. The van der Waals surface area contributed by atoms with Crippen molar-refractivity contribution in [1.82, 2.24) is 0 Å². The van der Waals surface area contributed by atoms with E-state index in [1.54, 1.807) is 6.92 Å². The molecule has 0 saturated carbocycles. The van der Waals surface area contributed by atoms with Gasteiger partial charge in [-0.2, -0.15) is 0 Å². The van der Waals surface area contributed by atoms with E-state index in [1.807, 2.05) is 0 Å². The van der Waals surface area contributed by atoms with Gasteiger partial charge in [-0.15, -0.1) is 0 Å². The molecular weight excluding hydrogens is 200 g/mol. The Bertz CT molecular complexity index is 372. The van der Waals surface area contributed by atoms with Crippen molar-refractivity contribution in [1.29, 1.82) is 0 Å². The monoisotopic (exact) mass is 211 g/mol. The first kappa shape index (κ1) is 11.1. The first-order valence-corrected chi connectivity index (χ1v) is 4.30. The van der Waals surface area contributed by atoms with Gasteiger partial charge in [0, 0.05) is 12.1 Å². The van der Waals surface area contributed by atoms with Crippen LogP contribution in [0.4, 0.5) is 5.69 Å². The van der Waals surface area contributed by atoms with Crippen LogP contribution in [0.5, 0.6) is 5.75 Å². The van der Waals surface area contributed by atoms with E-state index in [-0.39, 0.29) is 11.4 Å². The smallest absolute Gasteiger partial charge is 0.369 e. The quantitative estimate of drug-likeness (QED) is 0.332. The summed E-state index contributed by atoms with van der Waals surface area (Å²) >= 11 is 0. The second kappa shape index (κ2) is 4.52. The number of non-ortho nitro benzene ring substituents is 1. The number of hydrogen-bond acceptors (Lipinski definition) is 4. The Morgan fingerprint density at radius 1 is 1.47 bits per heavy atom. The molecule has 0 fully saturated rings. The average molecular weight is 211 g/mol. The minimum absolute atomic E-state index is 0.0440. The summed E-state index contributed by atoms with van der Waals surface area (Å²) in [6, 6.07) is 4.82. The second-order valence-corrected chi connectivity index (χ2v) is 3.07. The van der Waals surface area contributed by atoms with E-state index in [1.165, 1.54) is 24.3 Å². The molecule has 6 heteroatoms. The van der Waals surface area contributed by atoms with Crippen LogP contribution >= 0.6 is 0 Å². The largest absolute Gasteiger partial charge is 0.422 e. The number of esters is 1. The van der Waals surface area contributed by atoms with E-state index >= 15 is 0 Å². The number of nitro groups is 1. The molecule has 0 heterocycles. The Balaban J connectivity index is 2.73. The van der Waals surface area contributed by atoms with Crippen molar-refractivity contribution in [3.63, 3.8) is 0 Å². The Morgan fingerprint density at radius 2 is 2.00 bits per heavy atom. The van der Waals surface area contributed by atoms with E-state index in [9.17, 15) is 14.9 Å². The summed E-state index contributed by atoms with van der Waals surface area (Å²) in [5.41, 5.74) is 3.45. The normalized spacial score (nSPS) is 11.9. The highest BCUT2D eigenvalue weighted by Gasteiger charge is 2.14. The number of carbonyl (C=O) groups is 1. The lowest BCUT2D eigenvalue weighted by molar-refractivity contribution is -0.401. The van der Waals surface area contributed by atoms with E-state index in [4.69, 9.17) is 4.74 Å². The number of ether oxygens (including phenoxy) is 1. The van der Waals surface area contributed by atoms with Crippen molar-refractivity contribution in [2.24, 2.45) is 0 Å². The van der Waals surface area contributed by atoms with Crippen molar-refractivity contribution < 1.29 is 20.2 Å². The fraction of sp³-hybridized carbons (Fsp3) is 0.222. The predicted octanol–water partition coefficient (Wildman–Crippen LogP) is 0.131. The molecule has 6 nitrogen and oxygen atoms in total. The maximum absolute atomic E-state index is 11.1. The molecule has 0 aliphatic carbocycles. The van der Waals surface area contributed by atoms with E-state index < -0.39 is 16.9 Å². The summed E-state index contributed by atoms with van der Waals surface area (Å²) in [5.74, 6) is -0.190. The van der Waals surface area contributed by atoms with Crippen LogP contribution in [0, 0.1) is 10.1 Å². The maximum atomic E-state index is 11.1. The molecule has 0 unspecified atom stereocenters. The summed E-state index contributed by atoms with van der Waals surface area (Å²) in [5, 5.41) is 10.3. The molecule has 0 aliphatic rings. The number of nitrogens with zero attached hydrogens (tertiary/aromatic N) is 1. The molecule has 0 radical (unpaired) electrons. The van der Waals surface area contributed by atoms with Gasteiger partial charge < -0.3 is 10.5 Å². The Labute approximate surface area is 85.8 Å². The lowest BCUT2D eigenvalue weighted by atomic mass is 10.3. The highest BCUT2D eigenvalue weighted by Crippen LogP contribution is 2.17. The average Bonchev–Trinajstić information content (AvgIpc) is 2.18. The first-order valence-electron chi connectivity index (χ1n) is 4.30. The molecule has 1 atom stereocenters. The molecule has 0 saturated heterocycles. The Morgan fingerprint density at radius 3 is 2.40 bits per heavy atom. The molecule has 0 aromatic heterocycles. The van der Waals surface area contributed by atoms with E-state index in [0.29, 0.717) is 0 Å². The van der Waals surface area contributed by atoms with Gasteiger partial charge in [0.15, 0.2) is 6.04 Å². The molecule has 1 aromatic carbocycles. The maximum Gasteiger partial charge on any atom is 0.369 e. The summed E-state index contributed by atoms with van der Waals surface area (Å²) in [4.78, 5) is 20.9. The lowest BCUT2D eigenvalue weighted by Crippen LogP contribution is -2.64. The van der Waals surface area contributed by atoms with Gasteiger partial charge in [0.25, 0.3) is 5.69 Å². The van der Waals surface area contributed by atoms with E-state index in [0.717, 1.165) is 0 Å². The van der Waals surface area contributed by atoms with Gasteiger partial charge in [-0.1, -0.05) is 0 Å². The molecular formula is C9H11N2O4+. The van der Waals surface area contributed by atoms with Crippen LogP contribution in [0.15, 0.2) is 24.3 Å². The van der Waals surface area contributed by atoms with Crippen LogP contribution in [0.2, 0.25) is 0 Å². The third-order valence-corrected chi connectivity index (χ3v) is 1.67. The standard InChI is InChI=1S/C9H10N2O4/c1-6(10)9(12)15-8-4-2-7(3-5-8)11(13)14/h2-6H,10H2,1H3/p+1/t6-/m0/s1. The number of nitro benzene ring substituents is 1. The third kappa shape index (κ3) is 3.03. The number of hydrogen-bond donors (Lipinski definition) is 1. The van der Waals surface area contributed by atoms with Gasteiger partial charge in [-0.3, -0.25) is 10.1 Å². The van der Waals surface area contributed by atoms with Crippen LogP contribution in [0.3, 0.4) is 0 Å². The summed E-state index contributed by atoms with van der Waals surface area (Å²) in [6.07, 6.45) is 0. The Kier molecular flexibility index (Phi) is 3.35. The number of carbonyl (C=O) groups excluding carboxylic acids is 1. The molecule has 0 aliphatic heterocycles. The molecule has 15 heavy (non-hydrogen) atoms. The number of rotatable bonds is 3. The van der Waals surface area contributed by atoms with Crippen LogP contribution in [0.1, 0.15) is 6.92 Å². The number of benzene rings is 1. The van der Waals surface area contributed by atoms with E-state index in [2.05, 4.69) is 5.73 Å². The minimum Gasteiger partial charge on any atom is -0.422 e. The van der Waals surface area contributed by atoms with Crippen molar-refractivity contribution in [3.8, 4) is 5.75 Å². The second-order valence-electron chi connectivity index (χ2n) is 3.07.